The van der Waals surface area contributed by atoms with Crippen molar-refractivity contribution in [2.24, 2.45) is 0 Å². The summed E-state index contributed by atoms with van der Waals surface area (Å²) >= 11 is 0. The molecular weight excluding hydrogens is 352 g/mol. The molecule has 0 aromatic heterocycles. The van der Waals surface area contributed by atoms with Crippen LogP contribution >= 0.6 is 0 Å². The molecule has 0 aliphatic carbocycles. The van der Waals surface area contributed by atoms with E-state index in [2.05, 4.69) is 0 Å². The van der Waals surface area contributed by atoms with Crippen LogP contribution in [0.5, 0.6) is 0 Å². The maximum absolute atomic E-state index is 12.9. The van der Waals surface area contributed by atoms with E-state index in [1.807, 2.05) is 22.8 Å². The van der Waals surface area contributed by atoms with Crippen LogP contribution in [0.15, 0.2) is 29.2 Å². The third-order valence-corrected chi connectivity index (χ3v) is 7.18. The number of nitriles is 1. The molecule has 0 unspecified atom stereocenters. The molecule has 0 bridgehead atoms. The van der Waals surface area contributed by atoms with Crippen molar-refractivity contribution in [2.45, 2.75) is 30.7 Å². The molecule has 2 aliphatic rings. The number of nitrogens with zero attached hydrogens (tertiary/aromatic N) is 4. The van der Waals surface area contributed by atoms with E-state index in [9.17, 15) is 18.5 Å². The highest BCUT2D eigenvalue weighted by molar-refractivity contribution is 7.89. The zero-order chi connectivity index (χ0) is 18.7. The number of carbonyl (C=O) groups excluding carboxylic acids is 1. The number of rotatable bonds is 4. The van der Waals surface area contributed by atoms with Gasteiger partial charge in [0, 0.05) is 39.3 Å². The monoisotopic (exact) mass is 376 g/mol. The van der Waals surface area contributed by atoms with Crippen molar-refractivity contribution in [1.29, 1.82) is 5.26 Å². The van der Waals surface area contributed by atoms with Gasteiger partial charge in [0.25, 0.3) is 0 Å². The summed E-state index contributed by atoms with van der Waals surface area (Å²) in [5.74, 6) is 0.133. The van der Waals surface area contributed by atoms with Gasteiger partial charge in [-0.2, -0.15) is 9.57 Å². The van der Waals surface area contributed by atoms with Crippen molar-refractivity contribution >= 4 is 15.9 Å². The molecule has 1 aromatic carbocycles. The first-order valence-corrected chi connectivity index (χ1v) is 10.4. The fraction of sp³-hybridized carbons (Fsp3) is 0.556. The van der Waals surface area contributed by atoms with Crippen LogP contribution in [-0.2, 0) is 14.8 Å². The fourth-order valence-corrected chi connectivity index (χ4v) is 5.18. The molecule has 7 nitrogen and oxygen atoms in total. The standard InChI is InChI=1S/C18H24N4O3S/c1-15(18(23)21-8-4-5-9-21)20-10-12-22(13-11-20)26(24,25)17-7-3-2-6-16(17)14-19/h2-3,6-7,15H,4-5,8-13H2,1H3/t15-/m0/s1. The van der Waals surface area contributed by atoms with Gasteiger partial charge in [0.05, 0.1) is 16.5 Å². The molecule has 2 aliphatic heterocycles. The zero-order valence-electron chi connectivity index (χ0n) is 15.0. The number of likely N-dealkylation sites (tertiary alicyclic amines) is 1. The Morgan fingerprint density at radius 3 is 2.31 bits per heavy atom. The third-order valence-electron chi connectivity index (χ3n) is 5.22. The van der Waals surface area contributed by atoms with E-state index in [0.29, 0.717) is 26.2 Å². The van der Waals surface area contributed by atoms with E-state index in [4.69, 9.17) is 0 Å². The smallest absolute Gasteiger partial charge is 0.244 e. The lowest BCUT2D eigenvalue weighted by Crippen LogP contribution is -2.55. The molecule has 1 amide bonds. The van der Waals surface area contributed by atoms with Gasteiger partial charge in [-0.05, 0) is 31.9 Å². The van der Waals surface area contributed by atoms with Crippen LogP contribution in [0.25, 0.3) is 0 Å². The van der Waals surface area contributed by atoms with Crippen LogP contribution in [0.2, 0.25) is 0 Å². The highest BCUT2D eigenvalue weighted by atomic mass is 32.2. The number of piperazine rings is 1. The van der Waals surface area contributed by atoms with Crippen LogP contribution in [0.3, 0.4) is 0 Å². The van der Waals surface area contributed by atoms with Gasteiger partial charge in [-0.25, -0.2) is 8.42 Å². The largest absolute Gasteiger partial charge is 0.341 e. The van der Waals surface area contributed by atoms with Crippen LogP contribution in [-0.4, -0.2) is 73.7 Å². The zero-order valence-corrected chi connectivity index (χ0v) is 15.8. The van der Waals surface area contributed by atoms with Gasteiger partial charge in [0.2, 0.25) is 15.9 Å². The van der Waals surface area contributed by atoms with Crippen LogP contribution in [0.4, 0.5) is 0 Å². The molecule has 1 atom stereocenters. The van der Waals surface area contributed by atoms with E-state index >= 15 is 0 Å². The molecule has 3 rings (SSSR count). The van der Waals surface area contributed by atoms with Crippen molar-refractivity contribution in [1.82, 2.24) is 14.1 Å². The Kier molecular flexibility index (Phi) is 5.61. The Balaban J connectivity index is 1.66. The van der Waals surface area contributed by atoms with E-state index in [1.165, 1.54) is 16.4 Å². The maximum Gasteiger partial charge on any atom is 0.244 e. The second-order valence-electron chi connectivity index (χ2n) is 6.76. The summed E-state index contributed by atoms with van der Waals surface area (Å²) in [6, 6.07) is 7.98. The molecule has 26 heavy (non-hydrogen) atoms. The second kappa shape index (κ2) is 7.74. The summed E-state index contributed by atoms with van der Waals surface area (Å²) in [4.78, 5) is 16.5. The van der Waals surface area contributed by atoms with Gasteiger partial charge in [0.1, 0.15) is 6.07 Å². The number of hydrogen-bond acceptors (Lipinski definition) is 5. The lowest BCUT2D eigenvalue weighted by Gasteiger charge is -2.37. The topological polar surface area (TPSA) is 84.7 Å². The summed E-state index contributed by atoms with van der Waals surface area (Å²) in [7, 11) is -3.70. The minimum absolute atomic E-state index is 0.0529. The van der Waals surface area contributed by atoms with E-state index < -0.39 is 10.0 Å². The molecule has 0 saturated carbocycles. The molecule has 0 spiro atoms. The lowest BCUT2D eigenvalue weighted by atomic mass is 10.2. The molecule has 1 aromatic rings. The van der Waals surface area contributed by atoms with Crippen molar-refractivity contribution in [2.75, 3.05) is 39.3 Å². The minimum Gasteiger partial charge on any atom is -0.341 e. The number of sulfonamides is 1. The van der Waals surface area contributed by atoms with Crippen LogP contribution in [0, 0.1) is 11.3 Å². The highest BCUT2D eigenvalue weighted by Gasteiger charge is 2.34. The summed E-state index contributed by atoms with van der Waals surface area (Å²) in [5.41, 5.74) is 0.160. The molecule has 0 radical (unpaired) electrons. The average molecular weight is 376 g/mol. The highest BCUT2D eigenvalue weighted by Crippen LogP contribution is 2.22. The van der Waals surface area contributed by atoms with Crippen molar-refractivity contribution in [3.8, 4) is 6.07 Å². The third kappa shape index (κ3) is 3.61. The molecule has 2 saturated heterocycles. The molecule has 0 N–H and O–H groups in total. The minimum atomic E-state index is -3.70. The Morgan fingerprint density at radius 1 is 1.08 bits per heavy atom. The summed E-state index contributed by atoms with van der Waals surface area (Å²) in [6.07, 6.45) is 2.12. The van der Waals surface area contributed by atoms with Crippen LogP contribution in [0.1, 0.15) is 25.3 Å². The average Bonchev–Trinajstić information content (AvgIpc) is 3.21. The Morgan fingerprint density at radius 2 is 1.69 bits per heavy atom. The van der Waals surface area contributed by atoms with Gasteiger partial charge >= 0.3 is 0 Å². The second-order valence-corrected chi connectivity index (χ2v) is 8.66. The van der Waals surface area contributed by atoms with E-state index in [-0.39, 0.29) is 22.4 Å². The van der Waals surface area contributed by atoms with Gasteiger partial charge in [-0.3, -0.25) is 9.69 Å². The van der Waals surface area contributed by atoms with Gasteiger partial charge in [-0.1, -0.05) is 12.1 Å². The molecule has 8 heteroatoms. The number of hydrogen-bond donors (Lipinski definition) is 0. The Bertz CT molecular complexity index is 804. The van der Waals surface area contributed by atoms with Gasteiger partial charge in [0.15, 0.2) is 0 Å². The number of carbonyl (C=O) groups is 1. The van der Waals surface area contributed by atoms with Crippen molar-refractivity contribution < 1.29 is 13.2 Å². The predicted octanol–water partition coefficient (Wildman–Crippen LogP) is 0.875. The Labute approximate surface area is 154 Å². The first kappa shape index (κ1) is 18.8. The maximum atomic E-state index is 12.9. The van der Waals surface area contributed by atoms with E-state index in [1.54, 1.807) is 12.1 Å². The summed E-state index contributed by atoms with van der Waals surface area (Å²) in [6.45, 7) is 5.20. The first-order chi connectivity index (χ1) is 12.4. The fourth-order valence-electron chi connectivity index (χ4n) is 3.61. The first-order valence-electron chi connectivity index (χ1n) is 8.97. The molecular formula is C18H24N4O3S. The number of benzene rings is 1. The molecule has 140 valence electrons. The number of amides is 1. The quantitative estimate of drug-likeness (QED) is 0.779. The molecule has 2 heterocycles. The summed E-state index contributed by atoms with van der Waals surface area (Å²) < 4.78 is 27.1. The summed E-state index contributed by atoms with van der Waals surface area (Å²) in [5, 5.41) is 9.18. The predicted molar refractivity (Wildman–Crippen MR) is 96.8 cm³/mol. The van der Waals surface area contributed by atoms with Crippen molar-refractivity contribution in [3.05, 3.63) is 29.8 Å². The van der Waals surface area contributed by atoms with E-state index in [0.717, 1.165) is 25.9 Å². The normalized spacial score (nSPS) is 20.7. The SMILES string of the molecule is C[C@@H](C(=O)N1CCCC1)N1CCN(S(=O)(=O)c2ccccc2C#N)CC1. The lowest BCUT2D eigenvalue weighted by molar-refractivity contribution is -0.135. The van der Waals surface area contributed by atoms with Crippen molar-refractivity contribution in [3.63, 3.8) is 0 Å². The van der Waals surface area contributed by atoms with Crippen LogP contribution < -0.4 is 0 Å². The van der Waals surface area contributed by atoms with Gasteiger partial charge < -0.3 is 4.90 Å². The Hall–Kier alpha value is -1.95. The molecule has 2 fully saturated rings. The van der Waals surface area contributed by atoms with Gasteiger partial charge in [-0.15, -0.1) is 0 Å².